The molecule has 2 N–H and O–H groups in total. The summed E-state index contributed by atoms with van der Waals surface area (Å²) in [5.74, 6) is 1.45. The zero-order valence-electron chi connectivity index (χ0n) is 10.2. The summed E-state index contributed by atoms with van der Waals surface area (Å²) in [4.78, 5) is 0. The predicted octanol–water partition coefficient (Wildman–Crippen LogP) is 5.68. The van der Waals surface area contributed by atoms with Crippen molar-refractivity contribution >= 4 is 43.5 Å². The van der Waals surface area contributed by atoms with Gasteiger partial charge < -0.3 is 10.5 Å². The molecule has 1 atom stereocenters. The number of nitrogens with two attached hydrogens (primary N) is 1. The van der Waals surface area contributed by atoms with Crippen LogP contribution in [0.4, 0.5) is 0 Å². The highest BCUT2D eigenvalue weighted by Gasteiger charge is 2.08. The Morgan fingerprint density at radius 3 is 2.42 bits per heavy atom. The molecule has 2 nitrogen and oxygen atoms in total. The highest BCUT2D eigenvalue weighted by atomic mass is 79.9. The van der Waals surface area contributed by atoms with Crippen LogP contribution < -0.4 is 10.5 Å². The maximum absolute atomic E-state index is 5.89. The molecule has 0 aliphatic carbocycles. The lowest BCUT2D eigenvalue weighted by molar-refractivity contribution is 0.479. The van der Waals surface area contributed by atoms with E-state index in [4.69, 9.17) is 22.1 Å². The Kier molecular flexibility index (Phi) is 4.90. The van der Waals surface area contributed by atoms with Gasteiger partial charge in [0.25, 0.3) is 0 Å². The topological polar surface area (TPSA) is 35.2 Å². The van der Waals surface area contributed by atoms with E-state index in [0.29, 0.717) is 10.8 Å². The molecule has 2 aromatic rings. The van der Waals surface area contributed by atoms with Crippen LogP contribution in [0.2, 0.25) is 5.02 Å². The summed E-state index contributed by atoms with van der Waals surface area (Å²) < 4.78 is 7.55. The lowest BCUT2D eigenvalue weighted by atomic mass is 10.1. The number of hydrogen-bond acceptors (Lipinski definition) is 2. The van der Waals surface area contributed by atoms with Crippen molar-refractivity contribution in [3.63, 3.8) is 0 Å². The Bertz CT molecular complexity index is 602. The summed E-state index contributed by atoms with van der Waals surface area (Å²) in [5.41, 5.74) is 6.91. The molecule has 0 aliphatic heterocycles. The Hall–Kier alpha value is -0.550. The minimum absolute atomic E-state index is 0.0225. The van der Waals surface area contributed by atoms with Crippen molar-refractivity contribution in [1.29, 1.82) is 0 Å². The van der Waals surface area contributed by atoms with Gasteiger partial charge in [-0.3, -0.25) is 0 Å². The molecular formula is C14H12Br2ClNO. The van der Waals surface area contributed by atoms with Crippen LogP contribution in [-0.4, -0.2) is 0 Å². The second-order valence-electron chi connectivity index (χ2n) is 4.15. The summed E-state index contributed by atoms with van der Waals surface area (Å²) >= 11 is 12.8. The van der Waals surface area contributed by atoms with E-state index in [1.807, 2.05) is 31.2 Å². The molecule has 0 saturated heterocycles. The van der Waals surface area contributed by atoms with Crippen molar-refractivity contribution in [1.82, 2.24) is 0 Å². The molecule has 0 spiro atoms. The van der Waals surface area contributed by atoms with E-state index in [-0.39, 0.29) is 6.04 Å². The first-order valence-corrected chi connectivity index (χ1v) is 7.61. The molecule has 0 saturated carbocycles. The Labute approximate surface area is 134 Å². The Balaban J connectivity index is 2.26. The smallest absolute Gasteiger partial charge is 0.141 e. The third-order valence-corrected chi connectivity index (χ3v) is 4.13. The average molecular weight is 406 g/mol. The van der Waals surface area contributed by atoms with Crippen molar-refractivity contribution < 1.29 is 4.74 Å². The largest absolute Gasteiger partial charge is 0.456 e. The van der Waals surface area contributed by atoms with Crippen molar-refractivity contribution in [3.8, 4) is 11.5 Å². The Morgan fingerprint density at radius 2 is 1.84 bits per heavy atom. The second-order valence-corrected chi connectivity index (χ2v) is 6.29. The summed E-state index contributed by atoms with van der Waals surface area (Å²) in [7, 11) is 0. The van der Waals surface area contributed by atoms with E-state index in [9.17, 15) is 0 Å². The lowest BCUT2D eigenvalue weighted by Crippen LogP contribution is -2.05. The van der Waals surface area contributed by atoms with Crippen LogP contribution in [0, 0.1) is 0 Å². The standard InChI is InChI=1S/C14H12Br2ClNO/c1-8(18)11-4-3-10(7-12(11)15)19-14-5-2-9(17)6-13(14)16/h2-8H,18H2,1H3/t8-/m0/s1. The molecular weight excluding hydrogens is 393 g/mol. The predicted molar refractivity (Wildman–Crippen MR) is 86.0 cm³/mol. The number of halogens is 3. The van der Waals surface area contributed by atoms with E-state index in [0.717, 1.165) is 20.3 Å². The van der Waals surface area contributed by atoms with Gasteiger partial charge in [-0.05, 0) is 58.7 Å². The summed E-state index contributed by atoms with van der Waals surface area (Å²) in [6.45, 7) is 1.94. The minimum Gasteiger partial charge on any atom is -0.456 e. The molecule has 0 heterocycles. The highest BCUT2D eigenvalue weighted by molar-refractivity contribution is 9.10. The molecule has 0 aliphatic rings. The van der Waals surface area contributed by atoms with Crippen molar-refractivity contribution in [2.75, 3.05) is 0 Å². The van der Waals surface area contributed by atoms with Gasteiger partial charge in [0.2, 0.25) is 0 Å². The quantitative estimate of drug-likeness (QED) is 0.713. The van der Waals surface area contributed by atoms with E-state index in [1.165, 1.54) is 0 Å². The fraction of sp³-hybridized carbons (Fsp3) is 0.143. The summed E-state index contributed by atoms with van der Waals surface area (Å²) in [5, 5.41) is 0.660. The molecule has 0 unspecified atom stereocenters. The summed E-state index contributed by atoms with van der Waals surface area (Å²) in [6.07, 6.45) is 0. The number of rotatable bonds is 3. The average Bonchev–Trinajstić information content (AvgIpc) is 2.32. The van der Waals surface area contributed by atoms with Gasteiger partial charge in [0, 0.05) is 15.5 Å². The maximum Gasteiger partial charge on any atom is 0.141 e. The maximum atomic E-state index is 5.89. The van der Waals surface area contributed by atoms with Crippen LogP contribution in [0.15, 0.2) is 45.3 Å². The SMILES string of the molecule is C[C@H](N)c1ccc(Oc2ccc(Cl)cc2Br)cc1Br. The highest BCUT2D eigenvalue weighted by Crippen LogP contribution is 2.34. The second kappa shape index (κ2) is 6.27. The monoisotopic (exact) mass is 403 g/mol. The zero-order valence-corrected chi connectivity index (χ0v) is 14.1. The van der Waals surface area contributed by atoms with Crippen molar-refractivity contribution in [3.05, 3.63) is 55.9 Å². The molecule has 5 heteroatoms. The first kappa shape index (κ1) is 14.9. The van der Waals surface area contributed by atoms with Gasteiger partial charge in [0.15, 0.2) is 0 Å². The van der Waals surface area contributed by atoms with E-state index in [1.54, 1.807) is 12.1 Å². The normalized spacial score (nSPS) is 12.3. The van der Waals surface area contributed by atoms with Gasteiger partial charge in [-0.2, -0.15) is 0 Å². The minimum atomic E-state index is -0.0225. The third-order valence-electron chi connectivity index (χ3n) is 2.58. The molecule has 0 fully saturated rings. The van der Waals surface area contributed by atoms with Crippen LogP contribution in [-0.2, 0) is 0 Å². The van der Waals surface area contributed by atoms with Crippen molar-refractivity contribution in [2.45, 2.75) is 13.0 Å². The number of ether oxygens (including phenoxy) is 1. The van der Waals surface area contributed by atoms with Gasteiger partial charge in [-0.25, -0.2) is 0 Å². The molecule has 100 valence electrons. The molecule has 0 bridgehead atoms. The lowest BCUT2D eigenvalue weighted by Gasteiger charge is -2.12. The van der Waals surface area contributed by atoms with Crippen LogP contribution in [0.5, 0.6) is 11.5 Å². The molecule has 0 radical (unpaired) electrons. The van der Waals surface area contributed by atoms with Crippen LogP contribution in [0.3, 0.4) is 0 Å². The van der Waals surface area contributed by atoms with Gasteiger partial charge in [-0.15, -0.1) is 0 Å². The zero-order chi connectivity index (χ0) is 14.0. The van der Waals surface area contributed by atoms with Crippen LogP contribution >= 0.6 is 43.5 Å². The van der Waals surface area contributed by atoms with E-state index in [2.05, 4.69) is 31.9 Å². The molecule has 0 aromatic heterocycles. The molecule has 2 rings (SSSR count). The van der Waals surface area contributed by atoms with Gasteiger partial charge >= 0.3 is 0 Å². The third kappa shape index (κ3) is 3.72. The molecule has 2 aromatic carbocycles. The first-order valence-electron chi connectivity index (χ1n) is 5.65. The van der Waals surface area contributed by atoms with Crippen molar-refractivity contribution in [2.24, 2.45) is 5.73 Å². The van der Waals surface area contributed by atoms with Gasteiger partial charge in [0.05, 0.1) is 4.47 Å². The van der Waals surface area contributed by atoms with Gasteiger partial charge in [0.1, 0.15) is 11.5 Å². The van der Waals surface area contributed by atoms with Crippen LogP contribution in [0.1, 0.15) is 18.5 Å². The van der Waals surface area contributed by atoms with E-state index >= 15 is 0 Å². The van der Waals surface area contributed by atoms with Crippen LogP contribution in [0.25, 0.3) is 0 Å². The fourth-order valence-electron chi connectivity index (χ4n) is 1.63. The Morgan fingerprint density at radius 1 is 1.11 bits per heavy atom. The number of hydrogen-bond donors (Lipinski definition) is 1. The fourth-order valence-corrected chi connectivity index (χ4v) is 3.11. The first-order chi connectivity index (χ1) is 8.97. The number of benzene rings is 2. The summed E-state index contributed by atoms with van der Waals surface area (Å²) in [6, 6.07) is 11.1. The van der Waals surface area contributed by atoms with E-state index < -0.39 is 0 Å². The van der Waals surface area contributed by atoms with Gasteiger partial charge in [-0.1, -0.05) is 33.6 Å². The molecule has 19 heavy (non-hydrogen) atoms. The molecule has 0 amide bonds.